The van der Waals surface area contributed by atoms with E-state index in [1.165, 1.54) is 0 Å². The highest BCUT2D eigenvalue weighted by Crippen LogP contribution is 2.39. The van der Waals surface area contributed by atoms with Crippen molar-refractivity contribution in [2.24, 2.45) is 0 Å². The van der Waals surface area contributed by atoms with Crippen LogP contribution < -0.4 is 10.9 Å². The molecule has 2 N–H and O–H groups in total. The smallest absolute Gasteiger partial charge is 0.254 e. The van der Waals surface area contributed by atoms with Gasteiger partial charge in [-0.3, -0.25) is 4.79 Å². The summed E-state index contributed by atoms with van der Waals surface area (Å²) in [5.74, 6) is 0.718. The van der Waals surface area contributed by atoms with Crippen LogP contribution >= 0.6 is 0 Å². The largest absolute Gasteiger partial charge is 0.370 e. The van der Waals surface area contributed by atoms with E-state index < -0.39 is 0 Å². The van der Waals surface area contributed by atoms with E-state index in [2.05, 4.69) is 15.3 Å². The van der Waals surface area contributed by atoms with Gasteiger partial charge in [0, 0.05) is 19.2 Å². The number of nitrogens with one attached hydrogen (secondary N) is 2. The number of fused-ring (bicyclic) bond motifs is 1. The predicted octanol–water partition coefficient (Wildman–Crippen LogP) is 0.831. The first kappa shape index (κ1) is 11.9. The number of hydrogen-bond acceptors (Lipinski definition) is 4. The Balaban J connectivity index is 2.07. The molecule has 0 radical (unpaired) electrons. The second-order valence-corrected chi connectivity index (χ2v) is 5.17. The van der Waals surface area contributed by atoms with Gasteiger partial charge in [0.15, 0.2) is 0 Å². The lowest BCUT2D eigenvalue weighted by molar-refractivity contribution is -0.0167. The Labute approximate surface area is 106 Å². The molecule has 2 heterocycles. The number of aromatic amines is 1. The van der Waals surface area contributed by atoms with Crippen LogP contribution in [0.25, 0.3) is 0 Å². The molecule has 98 valence electrons. The Hall–Kier alpha value is -1.20. The first-order valence-electron chi connectivity index (χ1n) is 6.64. The summed E-state index contributed by atoms with van der Waals surface area (Å²) < 4.78 is 5.68. The fourth-order valence-corrected chi connectivity index (χ4v) is 3.07. The minimum absolute atomic E-state index is 0.0137. The zero-order valence-corrected chi connectivity index (χ0v) is 10.7. The van der Waals surface area contributed by atoms with Crippen LogP contribution in [0.2, 0.25) is 0 Å². The van der Waals surface area contributed by atoms with E-state index >= 15 is 0 Å². The minimum atomic E-state index is -0.369. The van der Waals surface area contributed by atoms with Crippen LogP contribution in [0.5, 0.6) is 0 Å². The third kappa shape index (κ3) is 1.78. The van der Waals surface area contributed by atoms with Crippen molar-refractivity contribution < 1.29 is 4.74 Å². The minimum Gasteiger partial charge on any atom is -0.370 e. The van der Waals surface area contributed by atoms with Gasteiger partial charge in [0.1, 0.15) is 11.4 Å². The molecule has 1 fully saturated rings. The van der Waals surface area contributed by atoms with Crippen molar-refractivity contribution in [1.29, 1.82) is 0 Å². The summed E-state index contributed by atoms with van der Waals surface area (Å²) in [5.41, 5.74) is 1.37. The predicted molar refractivity (Wildman–Crippen MR) is 67.4 cm³/mol. The quantitative estimate of drug-likeness (QED) is 0.814. The van der Waals surface area contributed by atoms with Gasteiger partial charge in [0.25, 0.3) is 5.56 Å². The highest BCUT2D eigenvalue weighted by molar-refractivity contribution is 5.22. The van der Waals surface area contributed by atoms with Gasteiger partial charge >= 0.3 is 0 Å². The average molecular weight is 249 g/mol. The van der Waals surface area contributed by atoms with Crippen molar-refractivity contribution in [3.05, 3.63) is 27.4 Å². The van der Waals surface area contributed by atoms with Crippen LogP contribution in [0.4, 0.5) is 0 Å². The third-order valence-corrected chi connectivity index (χ3v) is 4.18. The van der Waals surface area contributed by atoms with E-state index in [0.29, 0.717) is 6.54 Å². The normalized spacial score (nSPS) is 21.8. The summed E-state index contributed by atoms with van der Waals surface area (Å²) in [5, 5.41) is 3.26. The van der Waals surface area contributed by atoms with Crippen LogP contribution in [0.15, 0.2) is 4.79 Å². The van der Waals surface area contributed by atoms with E-state index in [9.17, 15) is 4.79 Å². The van der Waals surface area contributed by atoms with Crippen molar-refractivity contribution in [2.75, 3.05) is 13.7 Å². The van der Waals surface area contributed by atoms with E-state index in [0.717, 1.165) is 55.7 Å². The second-order valence-electron chi connectivity index (χ2n) is 5.17. The van der Waals surface area contributed by atoms with Crippen molar-refractivity contribution in [3.8, 4) is 0 Å². The van der Waals surface area contributed by atoms with Crippen LogP contribution in [0.1, 0.15) is 42.8 Å². The molecule has 0 aromatic carbocycles. The topological polar surface area (TPSA) is 67.0 Å². The molecule has 5 heteroatoms. The summed E-state index contributed by atoms with van der Waals surface area (Å²) in [4.78, 5) is 19.7. The molecule has 1 saturated carbocycles. The molecule has 1 aromatic rings. The van der Waals surface area contributed by atoms with Crippen molar-refractivity contribution >= 4 is 0 Å². The van der Waals surface area contributed by atoms with Crippen LogP contribution in [0.3, 0.4) is 0 Å². The number of aromatic nitrogens is 2. The molecule has 0 amide bonds. The SMILES string of the molecule is COC1(c2nc3c(c(=O)[nH]2)CCNC3)CCCC1. The molecular formula is C13H19N3O2. The molecule has 18 heavy (non-hydrogen) atoms. The summed E-state index contributed by atoms with van der Waals surface area (Å²) in [6, 6.07) is 0. The Morgan fingerprint density at radius 1 is 1.33 bits per heavy atom. The molecule has 5 nitrogen and oxygen atoms in total. The molecule has 0 bridgehead atoms. The van der Waals surface area contributed by atoms with Gasteiger partial charge < -0.3 is 15.0 Å². The molecule has 0 atom stereocenters. The second kappa shape index (κ2) is 4.48. The number of rotatable bonds is 2. The Kier molecular flexibility index (Phi) is 2.95. The zero-order chi connectivity index (χ0) is 12.6. The first-order valence-corrected chi connectivity index (χ1v) is 6.64. The maximum atomic E-state index is 12.1. The number of ether oxygens (including phenoxy) is 1. The molecule has 1 aliphatic carbocycles. The monoisotopic (exact) mass is 249 g/mol. The summed E-state index contributed by atoms with van der Waals surface area (Å²) >= 11 is 0. The van der Waals surface area contributed by atoms with Crippen molar-refractivity contribution in [3.63, 3.8) is 0 Å². The maximum absolute atomic E-state index is 12.1. The Morgan fingerprint density at radius 3 is 2.83 bits per heavy atom. The molecule has 2 aliphatic rings. The number of H-pyrrole nitrogens is 1. The molecular weight excluding hydrogens is 230 g/mol. The lowest BCUT2D eigenvalue weighted by atomic mass is 10.00. The van der Waals surface area contributed by atoms with Crippen molar-refractivity contribution in [2.45, 2.75) is 44.2 Å². The van der Waals surface area contributed by atoms with Gasteiger partial charge in [-0.2, -0.15) is 0 Å². The van der Waals surface area contributed by atoms with Gasteiger partial charge in [-0.15, -0.1) is 0 Å². The lowest BCUT2D eigenvalue weighted by Gasteiger charge is -2.27. The molecule has 1 aliphatic heterocycles. The van der Waals surface area contributed by atoms with Crippen molar-refractivity contribution in [1.82, 2.24) is 15.3 Å². The van der Waals surface area contributed by atoms with Crippen LogP contribution in [0, 0.1) is 0 Å². The standard InChI is InChI=1S/C13H19N3O2/c1-18-13(5-2-3-6-13)12-15-10-8-14-7-4-9(10)11(17)16-12/h14H,2-8H2,1H3,(H,15,16,17). The van der Waals surface area contributed by atoms with E-state index in [1.807, 2.05) is 0 Å². The van der Waals surface area contributed by atoms with Gasteiger partial charge in [-0.25, -0.2) is 4.98 Å². The fraction of sp³-hybridized carbons (Fsp3) is 0.692. The molecule has 3 rings (SSSR count). The first-order chi connectivity index (χ1) is 8.75. The summed E-state index contributed by atoms with van der Waals surface area (Å²) in [6.07, 6.45) is 4.91. The van der Waals surface area contributed by atoms with E-state index in [4.69, 9.17) is 4.74 Å². The Bertz CT molecular complexity index is 503. The average Bonchev–Trinajstić information content (AvgIpc) is 2.89. The Morgan fingerprint density at radius 2 is 2.11 bits per heavy atom. The zero-order valence-electron chi connectivity index (χ0n) is 10.7. The molecule has 0 unspecified atom stereocenters. The van der Waals surface area contributed by atoms with Crippen LogP contribution in [-0.4, -0.2) is 23.6 Å². The molecule has 0 saturated heterocycles. The lowest BCUT2D eigenvalue weighted by Crippen LogP contribution is -2.36. The van der Waals surface area contributed by atoms with Gasteiger partial charge in [0.05, 0.1) is 5.69 Å². The highest BCUT2D eigenvalue weighted by Gasteiger charge is 2.38. The van der Waals surface area contributed by atoms with Gasteiger partial charge in [-0.1, -0.05) is 0 Å². The van der Waals surface area contributed by atoms with Crippen LogP contribution in [-0.2, 0) is 23.3 Å². The fourth-order valence-electron chi connectivity index (χ4n) is 3.07. The number of methoxy groups -OCH3 is 1. The van der Waals surface area contributed by atoms with E-state index in [-0.39, 0.29) is 11.2 Å². The van der Waals surface area contributed by atoms with E-state index in [1.54, 1.807) is 7.11 Å². The summed E-state index contributed by atoms with van der Waals surface area (Å²) in [7, 11) is 1.71. The summed E-state index contributed by atoms with van der Waals surface area (Å²) in [6.45, 7) is 1.54. The number of nitrogens with zero attached hydrogens (tertiary/aromatic N) is 1. The molecule has 0 spiro atoms. The molecule has 1 aromatic heterocycles. The third-order valence-electron chi connectivity index (χ3n) is 4.18. The van der Waals surface area contributed by atoms with Gasteiger partial charge in [0.2, 0.25) is 0 Å². The maximum Gasteiger partial charge on any atom is 0.254 e. The highest BCUT2D eigenvalue weighted by atomic mass is 16.5. The van der Waals surface area contributed by atoms with Gasteiger partial charge in [-0.05, 0) is 38.6 Å². The number of hydrogen-bond donors (Lipinski definition) is 2.